The Kier molecular flexibility index (Phi) is 4.71. The maximum Gasteiger partial charge on any atom is 0.193 e. The molecular formula is C29H27N3O2. The highest BCUT2D eigenvalue weighted by Crippen LogP contribution is 2.51. The molecule has 0 aromatic heterocycles. The molecule has 2 saturated heterocycles. The van der Waals surface area contributed by atoms with Gasteiger partial charge in [-0.25, -0.2) is 0 Å². The summed E-state index contributed by atoms with van der Waals surface area (Å²) in [4.78, 5) is 18.7. The van der Waals surface area contributed by atoms with Crippen LogP contribution in [0.1, 0.15) is 52.0 Å². The Hall–Kier alpha value is -3.38. The van der Waals surface area contributed by atoms with Crippen molar-refractivity contribution in [2.75, 3.05) is 44.3 Å². The smallest absolute Gasteiger partial charge is 0.193 e. The van der Waals surface area contributed by atoms with Crippen LogP contribution in [-0.4, -0.2) is 56.1 Å². The lowest BCUT2D eigenvalue weighted by atomic mass is 9.68. The standard InChI is InChI=1S/C29H27N3O2/c1-4-19-12-23-24(14-26(19)32-9-7-31(8-10-32)21-16-34-17-21)29(2,3)25-13-20-11-18(15-30)5-6-22(20)27(25)28(23)33/h1,5-6,11-12,14,21H,7-10,13,16-17H2,2-3H3. The van der Waals surface area contributed by atoms with E-state index in [9.17, 15) is 10.1 Å². The number of benzene rings is 2. The van der Waals surface area contributed by atoms with Gasteiger partial charge in [0.15, 0.2) is 5.78 Å². The van der Waals surface area contributed by atoms with Gasteiger partial charge in [-0.05, 0) is 52.9 Å². The van der Waals surface area contributed by atoms with Gasteiger partial charge in [0.25, 0.3) is 0 Å². The summed E-state index contributed by atoms with van der Waals surface area (Å²) in [5.41, 5.74) is 7.88. The zero-order valence-corrected chi connectivity index (χ0v) is 19.6. The number of ketones is 1. The summed E-state index contributed by atoms with van der Waals surface area (Å²) in [5.74, 6) is 2.91. The van der Waals surface area contributed by atoms with Crippen LogP contribution in [0.15, 0.2) is 35.9 Å². The number of terminal acetylenes is 1. The molecule has 5 heteroatoms. The van der Waals surface area contributed by atoms with Crippen molar-refractivity contribution < 1.29 is 9.53 Å². The van der Waals surface area contributed by atoms with E-state index in [1.165, 1.54) is 0 Å². The summed E-state index contributed by atoms with van der Waals surface area (Å²) < 4.78 is 5.37. The normalized spacial score (nSPS) is 21.3. The van der Waals surface area contributed by atoms with Gasteiger partial charge in [-0.3, -0.25) is 9.69 Å². The zero-order chi connectivity index (χ0) is 23.6. The van der Waals surface area contributed by atoms with Gasteiger partial charge >= 0.3 is 0 Å². The van der Waals surface area contributed by atoms with Gasteiger partial charge in [0, 0.05) is 48.3 Å². The number of piperazine rings is 1. The molecule has 2 heterocycles. The number of fused-ring (bicyclic) bond motifs is 3. The molecule has 34 heavy (non-hydrogen) atoms. The summed E-state index contributed by atoms with van der Waals surface area (Å²) in [6.07, 6.45) is 6.67. The molecule has 2 aliphatic carbocycles. The first-order chi connectivity index (χ1) is 16.4. The number of carbonyl (C=O) groups excluding carboxylic acids is 1. The monoisotopic (exact) mass is 449 g/mol. The van der Waals surface area contributed by atoms with Crippen LogP contribution in [0.2, 0.25) is 0 Å². The summed E-state index contributed by atoms with van der Waals surface area (Å²) in [6.45, 7) is 9.88. The number of nitrogens with zero attached hydrogens (tertiary/aromatic N) is 3. The van der Waals surface area contributed by atoms with Crippen LogP contribution in [0.25, 0.3) is 5.57 Å². The predicted octanol–water partition coefficient (Wildman–Crippen LogP) is 3.54. The molecule has 2 aromatic carbocycles. The molecule has 0 amide bonds. The lowest BCUT2D eigenvalue weighted by Gasteiger charge is -2.44. The summed E-state index contributed by atoms with van der Waals surface area (Å²) in [5, 5.41) is 9.34. The van der Waals surface area contributed by atoms with E-state index >= 15 is 0 Å². The summed E-state index contributed by atoms with van der Waals surface area (Å²) >= 11 is 0. The molecule has 0 bridgehead atoms. The van der Waals surface area contributed by atoms with Gasteiger partial charge in [0.05, 0.1) is 36.6 Å². The molecule has 0 spiro atoms. The molecule has 0 saturated carbocycles. The Morgan fingerprint density at radius 3 is 2.50 bits per heavy atom. The largest absolute Gasteiger partial charge is 0.378 e. The van der Waals surface area contributed by atoms with Gasteiger partial charge < -0.3 is 9.64 Å². The van der Waals surface area contributed by atoms with Gasteiger partial charge in [0.1, 0.15) is 0 Å². The molecule has 2 fully saturated rings. The van der Waals surface area contributed by atoms with Crippen molar-refractivity contribution >= 4 is 17.0 Å². The van der Waals surface area contributed by atoms with E-state index < -0.39 is 0 Å². The topological polar surface area (TPSA) is 56.6 Å². The Labute approximate surface area is 200 Å². The summed E-state index contributed by atoms with van der Waals surface area (Å²) in [6, 6.07) is 12.5. The maximum atomic E-state index is 13.8. The Balaban J connectivity index is 1.39. The molecule has 5 nitrogen and oxygen atoms in total. The minimum Gasteiger partial charge on any atom is -0.378 e. The highest BCUT2D eigenvalue weighted by Gasteiger charge is 2.43. The predicted molar refractivity (Wildman–Crippen MR) is 132 cm³/mol. The van der Waals surface area contributed by atoms with Gasteiger partial charge in [-0.1, -0.05) is 25.8 Å². The number of rotatable bonds is 2. The number of hydrogen-bond acceptors (Lipinski definition) is 5. The first kappa shape index (κ1) is 21.2. The van der Waals surface area contributed by atoms with Crippen LogP contribution in [-0.2, 0) is 16.6 Å². The second-order valence-corrected chi connectivity index (χ2v) is 10.2. The van der Waals surface area contributed by atoms with Crippen molar-refractivity contribution in [2.45, 2.75) is 31.7 Å². The average molecular weight is 450 g/mol. The fourth-order valence-electron chi connectivity index (χ4n) is 6.02. The fourth-order valence-corrected chi connectivity index (χ4v) is 6.02. The van der Waals surface area contributed by atoms with Crippen molar-refractivity contribution in [1.29, 1.82) is 5.26 Å². The van der Waals surface area contributed by atoms with Crippen LogP contribution in [0, 0.1) is 23.7 Å². The third-order valence-electron chi connectivity index (χ3n) is 8.16. The zero-order valence-electron chi connectivity index (χ0n) is 19.6. The molecular weight excluding hydrogens is 422 g/mol. The first-order valence-corrected chi connectivity index (χ1v) is 12.0. The third kappa shape index (κ3) is 2.98. The number of nitriles is 1. The minimum atomic E-state index is -0.308. The summed E-state index contributed by atoms with van der Waals surface area (Å²) in [7, 11) is 0. The molecule has 0 atom stereocenters. The highest BCUT2D eigenvalue weighted by molar-refractivity contribution is 6.33. The van der Waals surface area contributed by atoms with Crippen molar-refractivity contribution in [1.82, 2.24) is 4.90 Å². The SMILES string of the molecule is C#Cc1cc2c(cc1N1CCN(C3COC3)CC1)C(C)(C)C1=C(C2=O)c2ccc(C#N)cc2C1. The van der Waals surface area contributed by atoms with E-state index in [4.69, 9.17) is 11.2 Å². The molecule has 2 aliphatic heterocycles. The van der Waals surface area contributed by atoms with Crippen LogP contribution >= 0.6 is 0 Å². The lowest BCUT2D eigenvalue weighted by molar-refractivity contribution is -0.0660. The van der Waals surface area contributed by atoms with E-state index in [1.807, 2.05) is 18.2 Å². The average Bonchev–Trinajstić information content (AvgIpc) is 3.21. The Morgan fingerprint density at radius 2 is 1.85 bits per heavy atom. The molecule has 0 N–H and O–H groups in total. The number of carbonyl (C=O) groups is 1. The molecule has 0 unspecified atom stereocenters. The second kappa shape index (κ2) is 7.57. The van der Waals surface area contributed by atoms with Crippen LogP contribution in [0.4, 0.5) is 5.69 Å². The number of allylic oxidation sites excluding steroid dienone is 2. The van der Waals surface area contributed by atoms with E-state index in [1.54, 1.807) is 6.07 Å². The quantitative estimate of drug-likeness (QED) is 0.657. The van der Waals surface area contributed by atoms with Crippen LogP contribution in [0.5, 0.6) is 0 Å². The fraction of sp³-hybridized carbons (Fsp3) is 0.379. The maximum absolute atomic E-state index is 13.8. The van der Waals surface area contributed by atoms with Gasteiger partial charge in [-0.15, -0.1) is 6.42 Å². The molecule has 2 aromatic rings. The number of anilines is 1. The van der Waals surface area contributed by atoms with Crippen molar-refractivity contribution in [3.63, 3.8) is 0 Å². The van der Waals surface area contributed by atoms with Crippen LogP contribution < -0.4 is 4.90 Å². The molecule has 0 radical (unpaired) electrons. The van der Waals surface area contributed by atoms with E-state index in [-0.39, 0.29) is 11.2 Å². The Bertz CT molecular complexity index is 1340. The van der Waals surface area contributed by atoms with Crippen molar-refractivity contribution in [3.05, 3.63) is 69.3 Å². The Morgan fingerprint density at radius 1 is 1.09 bits per heavy atom. The van der Waals surface area contributed by atoms with Gasteiger partial charge in [0.2, 0.25) is 0 Å². The lowest BCUT2D eigenvalue weighted by Crippen LogP contribution is -2.56. The number of hydrogen-bond donors (Lipinski definition) is 0. The molecule has 6 rings (SSSR count). The van der Waals surface area contributed by atoms with Crippen molar-refractivity contribution in [3.8, 4) is 18.4 Å². The third-order valence-corrected chi connectivity index (χ3v) is 8.16. The first-order valence-electron chi connectivity index (χ1n) is 12.0. The highest BCUT2D eigenvalue weighted by atomic mass is 16.5. The number of ether oxygens (including phenoxy) is 1. The second-order valence-electron chi connectivity index (χ2n) is 10.2. The van der Waals surface area contributed by atoms with Crippen molar-refractivity contribution in [2.24, 2.45) is 0 Å². The van der Waals surface area contributed by atoms with E-state index in [0.717, 1.165) is 78.5 Å². The van der Waals surface area contributed by atoms with Gasteiger partial charge in [-0.2, -0.15) is 5.26 Å². The molecule has 4 aliphatic rings. The number of Topliss-reactive ketones (excluding diaryl/α,β-unsaturated/α-hetero) is 1. The van der Waals surface area contributed by atoms with E-state index in [0.29, 0.717) is 23.6 Å². The van der Waals surface area contributed by atoms with E-state index in [2.05, 4.69) is 41.7 Å². The van der Waals surface area contributed by atoms with Crippen LogP contribution in [0.3, 0.4) is 0 Å². The minimum absolute atomic E-state index is 0.0469. The molecule has 170 valence electrons.